The van der Waals surface area contributed by atoms with E-state index in [0.717, 1.165) is 28.7 Å². The maximum absolute atomic E-state index is 13.0. The van der Waals surface area contributed by atoms with Crippen LogP contribution in [-0.4, -0.2) is 33.3 Å². The third kappa shape index (κ3) is 10.4. The molecule has 1 fully saturated rings. The van der Waals surface area contributed by atoms with Crippen LogP contribution in [-0.2, 0) is 4.79 Å². The van der Waals surface area contributed by atoms with Crippen LogP contribution in [0.25, 0.3) is 0 Å². The van der Waals surface area contributed by atoms with Crippen LogP contribution in [0.1, 0.15) is 94.9 Å². The summed E-state index contributed by atoms with van der Waals surface area (Å²) in [4.78, 5) is 13.0. The zero-order valence-electron chi connectivity index (χ0n) is 28.6. The fraction of sp³-hybridized carbons (Fsp3) is 0.475. The van der Waals surface area contributed by atoms with Crippen LogP contribution in [0.2, 0.25) is 0 Å². The molecule has 0 amide bonds. The predicted octanol–water partition coefficient (Wildman–Crippen LogP) is 9.14. The van der Waals surface area contributed by atoms with Crippen LogP contribution >= 0.6 is 0 Å². The molecule has 0 aromatic rings. The van der Waals surface area contributed by atoms with E-state index in [1.54, 1.807) is 13.0 Å². The van der Waals surface area contributed by atoms with Crippen LogP contribution in [0.15, 0.2) is 106 Å². The minimum atomic E-state index is -0.703. The summed E-state index contributed by atoms with van der Waals surface area (Å²) in [5.41, 5.74) is 4.93. The number of hydrogen-bond acceptors (Lipinski definition) is 4. The van der Waals surface area contributed by atoms with Gasteiger partial charge in [-0.2, -0.15) is 0 Å². The monoisotopic (exact) mass is 598 g/mol. The molecule has 2 aliphatic rings. The molecule has 238 valence electrons. The predicted molar refractivity (Wildman–Crippen MR) is 185 cm³/mol. The van der Waals surface area contributed by atoms with Crippen LogP contribution in [0.5, 0.6) is 0 Å². The Labute approximate surface area is 266 Å². The molecule has 1 saturated carbocycles. The van der Waals surface area contributed by atoms with Crippen molar-refractivity contribution in [2.24, 2.45) is 16.2 Å². The fourth-order valence-electron chi connectivity index (χ4n) is 6.04. The Hall–Kier alpha value is -3.39. The van der Waals surface area contributed by atoms with Gasteiger partial charge in [-0.3, -0.25) is 4.79 Å². The molecule has 3 atom stereocenters. The lowest BCUT2D eigenvalue weighted by atomic mass is 9.66. The first-order valence-corrected chi connectivity index (χ1v) is 15.6. The Kier molecular flexibility index (Phi) is 13.0. The number of aliphatic hydroxyl groups is 3. The molecular formula is C40H54O4. The van der Waals surface area contributed by atoms with E-state index in [0.29, 0.717) is 24.8 Å². The second-order valence-corrected chi connectivity index (χ2v) is 14.1. The van der Waals surface area contributed by atoms with E-state index < -0.39 is 11.5 Å². The van der Waals surface area contributed by atoms with Gasteiger partial charge >= 0.3 is 0 Å². The molecule has 4 heteroatoms. The molecule has 0 heterocycles. The molecule has 2 rings (SSSR count). The Morgan fingerprint density at radius 3 is 1.89 bits per heavy atom. The number of ketones is 1. The number of rotatable bonds is 9. The van der Waals surface area contributed by atoms with Crippen LogP contribution in [0, 0.1) is 28.1 Å². The normalized spacial score (nSPS) is 27.0. The van der Waals surface area contributed by atoms with Crippen molar-refractivity contribution in [3.8, 4) is 11.8 Å². The van der Waals surface area contributed by atoms with Crippen molar-refractivity contribution in [2.45, 2.75) is 107 Å². The molecule has 0 aromatic heterocycles. The highest BCUT2D eigenvalue weighted by molar-refractivity contribution is 5.96. The zero-order valence-corrected chi connectivity index (χ0v) is 28.6. The molecule has 3 N–H and O–H groups in total. The molecule has 0 bridgehead atoms. The van der Waals surface area contributed by atoms with Crippen LogP contribution in [0.3, 0.4) is 0 Å². The lowest BCUT2D eigenvalue weighted by molar-refractivity contribution is -0.127. The molecular weight excluding hydrogens is 544 g/mol. The lowest BCUT2D eigenvalue weighted by Gasteiger charge is -2.35. The molecule has 0 aliphatic heterocycles. The van der Waals surface area contributed by atoms with Crippen molar-refractivity contribution in [1.29, 1.82) is 0 Å². The van der Waals surface area contributed by atoms with E-state index in [2.05, 4.69) is 32.6 Å². The summed E-state index contributed by atoms with van der Waals surface area (Å²) in [6.07, 6.45) is 22.6. The Morgan fingerprint density at radius 1 is 0.795 bits per heavy atom. The molecule has 2 aliphatic carbocycles. The van der Waals surface area contributed by atoms with E-state index in [4.69, 9.17) is 0 Å². The molecule has 0 radical (unpaired) electrons. The molecule has 44 heavy (non-hydrogen) atoms. The van der Waals surface area contributed by atoms with Crippen molar-refractivity contribution < 1.29 is 20.1 Å². The van der Waals surface area contributed by atoms with Crippen molar-refractivity contribution in [2.75, 3.05) is 0 Å². The van der Waals surface area contributed by atoms with Gasteiger partial charge in [0.1, 0.15) is 5.76 Å². The maximum atomic E-state index is 13.0. The zero-order chi connectivity index (χ0) is 33.3. The quantitative estimate of drug-likeness (QED) is 0.107. The third-order valence-corrected chi connectivity index (χ3v) is 9.12. The Bertz CT molecular complexity index is 1420. The fourth-order valence-corrected chi connectivity index (χ4v) is 6.04. The number of carbonyl (C=O) groups excluding carboxylic acids is 1. The highest BCUT2D eigenvalue weighted by Gasteiger charge is 2.53. The summed E-state index contributed by atoms with van der Waals surface area (Å²) >= 11 is 0. The Balaban J connectivity index is 1.95. The molecule has 4 nitrogen and oxygen atoms in total. The first kappa shape index (κ1) is 36.8. The third-order valence-electron chi connectivity index (χ3n) is 9.12. The topological polar surface area (TPSA) is 77.8 Å². The van der Waals surface area contributed by atoms with Gasteiger partial charge in [-0.15, -0.1) is 0 Å². The number of allylic oxidation sites excluding steroid dienone is 16. The minimum absolute atomic E-state index is 0.0493. The maximum Gasteiger partial charge on any atom is 0.165 e. The lowest BCUT2D eigenvalue weighted by Crippen LogP contribution is -2.36. The molecule has 3 unspecified atom stereocenters. The summed E-state index contributed by atoms with van der Waals surface area (Å²) in [5.74, 6) is 6.43. The van der Waals surface area contributed by atoms with E-state index in [1.807, 2.05) is 96.2 Å². The van der Waals surface area contributed by atoms with Crippen molar-refractivity contribution in [3.63, 3.8) is 0 Å². The van der Waals surface area contributed by atoms with Crippen molar-refractivity contribution in [1.82, 2.24) is 0 Å². The summed E-state index contributed by atoms with van der Waals surface area (Å²) in [6, 6.07) is 0. The van der Waals surface area contributed by atoms with Gasteiger partial charge < -0.3 is 15.3 Å². The molecule has 0 aromatic carbocycles. The van der Waals surface area contributed by atoms with E-state index in [9.17, 15) is 20.1 Å². The number of hydrogen-bond donors (Lipinski definition) is 3. The second kappa shape index (κ2) is 15.6. The van der Waals surface area contributed by atoms with Crippen LogP contribution < -0.4 is 0 Å². The van der Waals surface area contributed by atoms with E-state index in [1.165, 1.54) is 11.6 Å². The summed E-state index contributed by atoms with van der Waals surface area (Å²) in [7, 11) is 0. The highest BCUT2D eigenvalue weighted by atomic mass is 16.3. The van der Waals surface area contributed by atoms with Gasteiger partial charge in [0.2, 0.25) is 0 Å². The van der Waals surface area contributed by atoms with Crippen LogP contribution in [0.4, 0.5) is 0 Å². The number of carbonyl (C=O) groups is 1. The SMILES string of the molecule is CC(C#CC1=C(C)CC(O)CC1(C)C)=CC=CC(C)=C/C=C/C=C(C)/C=C/C=C(C)/C(O)=C/C(=O)C1(C)CC(O)CC1(C)C. The first-order chi connectivity index (χ1) is 20.4. The highest BCUT2D eigenvalue weighted by Crippen LogP contribution is 2.53. The largest absolute Gasteiger partial charge is 0.508 e. The summed E-state index contributed by atoms with van der Waals surface area (Å²) in [5, 5.41) is 30.7. The molecule has 0 saturated heterocycles. The van der Waals surface area contributed by atoms with Crippen molar-refractivity contribution in [3.05, 3.63) is 106 Å². The standard InChI is InChI=1S/C40H54O4/c1-28(17-13-18-30(3)21-22-35-32(5)23-33(41)25-38(35,6)7)15-11-12-16-29(2)19-14-20-31(4)36(43)24-37(44)40(10)27-34(42)26-39(40,8)9/h11-20,24,33-34,41-43H,23,25-27H2,1-10H3/b12-11+,17-13?,19-14+,28-15?,29-16+,30-18?,31-20+,36-24-. The van der Waals surface area contributed by atoms with Gasteiger partial charge in [-0.25, -0.2) is 0 Å². The second-order valence-electron chi connectivity index (χ2n) is 14.1. The molecule has 0 spiro atoms. The van der Waals surface area contributed by atoms with Gasteiger partial charge in [0.25, 0.3) is 0 Å². The van der Waals surface area contributed by atoms with Gasteiger partial charge in [0.15, 0.2) is 5.78 Å². The van der Waals surface area contributed by atoms with Crippen molar-refractivity contribution >= 4 is 5.78 Å². The number of aliphatic hydroxyl groups excluding tert-OH is 3. The Morgan fingerprint density at radius 2 is 1.36 bits per heavy atom. The van der Waals surface area contributed by atoms with E-state index >= 15 is 0 Å². The average Bonchev–Trinajstić information content (AvgIpc) is 3.11. The average molecular weight is 599 g/mol. The van der Waals surface area contributed by atoms with Gasteiger partial charge in [0, 0.05) is 22.5 Å². The first-order valence-electron chi connectivity index (χ1n) is 15.6. The summed E-state index contributed by atoms with van der Waals surface area (Å²) in [6.45, 7) is 20.1. The van der Waals surface area contributed by atoms with E-state index in [-0.39, 0.29) is 28.5 Å². The van der Waals surface area contributed by atoms with Gasteiger partial charge in [0.05, 0.1) is 12.2 Å². The minimum Gasteiger partial charge on any atom is -0.508 e. The van der Waals surface area contributed by atoms with Gasteiger partial charge in [-0.05, 0) is 76.9 Å². The van der Waals surface area contributed by atoms with Gasteiger partial charge in [-0.1, -0.05) is 124 Å². The smallest absolute Gasteiger partial charge is 0.165 e. The summed E-state index contributed by atoms with van der Waals surface area (Å²) < 4.78 is 0.